The fourth-order valence-electron chi connectivity index (χ4n) is 1.90. The average Bonchev–Trinajstić information content (AvgIpc) is 2.86. The van der Waals surface area contributed by atoms with Crippen molar-refractivity contribution < 1.29 is 31.1 Å². The van der Waals surface area contributed by atoms with Crippen LogP contribution in [0.4, 0.5) is 0 Å². The number of halogens is 2. The Morgan fingerprint density at radius 3 is 1.44 bits per heavy atom. The summed E-state index contributed by atoms with van der Waals surface area (Å²) in [5.74, 6) is 0. The van der Waals surface area contributed by atoms with Crippen LogP contribution in [-0.4, -0.2) is 32.5 Å². The zero-order valence-corrected chi connectivity index (χ0v) is 21.7. The van der Waals surface area contributed by atoms with Gasteiger partial charge in [0.1, 0.15) is 0 Å². The van der Waals surface area contributed by atoms with E-state index in [1.807, 2.05) is 19.6 Å². The second-order valence-corrected chi connectivity index (χ2v) is 11.4. The molecule has 2 N–H and O–H groups in total. The summed E-state index contributed by atoms with van der Waals surface area (Å²) in [5.41, 5.74) is 0. The average molecular weight is 481 g/mol. The first-order chi connectivity index (χ1) is 11.3. The summed E-state index contributed by atoms with van der Waals surface area (Å²) in [6.45, 7) is 7.58. The molecule has 0 aliphatic rings. The van der Waals surface area contributed by atoms with Crippen LogP contribution in [-0.2, 0) is 21.2 Å². The molecule has 0 bridgehead atoms. The van der Waals surface area contributed by atoms with Gasteiger partial charge in [0, 0.05) is 6.61 Å². The SMILES string of the molecule is CCO.C[Si](C)(C)O.Cl.Cl.[CH3-].[O]=[Ti]=[Si].c1ccc2c(c1)[cH-]c1ccccc12. The first kappa shape index (κ1) is 34.3. The summed E-state index contributed by atoms with van der Waals surface area (Å²) >= 11 is -0.944. The van der Waals surface area contributed by atoms with E-state index in [-0.39, 0.29) is 38.8 Å². The smallest absolute Gasteiger partial charge is 0.0771 e. The minimum Gasteiger partial charge on any atom is -0.126 e. The van der Waals surface area contributed by atoms with Crippen molar-refractivity contribution in [1.29, 1.82) is 0 Å². The van der Waals surface area contributed by atoms with Gasteiger partial charge in [-0.2, -0.15) is 0 Å². The third-order valence-corrected chi connectivity index (χ3v) is 2.52. The topological polar surface area (TPSA) is 57.5 Å². The monoisotopic (exact) mass is 480 g/mol. The van der Waals surface area contributed by atoms with Crippen LogP contribution in [0, 0.1) is 7.43 Å². The normalized spacial score (nSPS) is 8.52. The third kappa shape index (κ3) is 16.4. The van der Waals surface area contributed by atoms with Crippen molar-refractivity contribution in [3.05, 3.63) is 62.0 Å². The molecule has 0 fully saturated rings. The molecule has 3 nitrogen and oxygen atoms in total. The van der Waals surface area contributed by atoms with Crippen LogP contribution in [0.5, 0.6) is 0 Å². The third-order valence-electron chi connectivity index (χ3n) is 2.52. The van der Waals surface area contributed by atoms with Gasteiger partial charge in [-0.3, -0.25) is 0 Å². The maximum absolute atomic E-state index is 8.97. The molecule has 0 saturated carbocycles. The van der Waals surface area contributed by atoms with Gasteiger partial charge in [-0.05, 0) is 26.6 Å². The van der Waals surface area contributed by atoms with E-state index in [1.54, 1.807) is 6.92 Å². The van der Waals surface area contributed by atoms with Crippen LogP contribution in [0.15, 0.2) is 54.6 Å². The van der Waals surface area contributed by atoms with Crippen LogP contribution in [0.25, 0.3) is 21.5 Å². The molecule has 0 saturated heterocycles. The maximum atomic E-state index is 8.97. The van der Waals surface area contributed by atoms with Gasteiger partial charge >= 0.3 is 28.8 Å². The van der Waals surface area contributed by atoms with E-state index in [2.05, 4.69) is 62.2 Å². The molecule has 0 heterocycles. The zero-order valence-electron chi connectivity index (χ0n) is 16.5. The Kier molecular flexibility index (Phi) is 24.2. The molecule has 0 aliphatic heterocycles. The van der Waals surface area contributed by atoms with E-state index in [0.717, 1.165) is 0 Å². The van der Waals surface area contributed by atoms with Gasteiger partial charge < -0.3 is 17.3 Å². The number of hydrogen-bond acceptors (Lipinski definition) is 3. The second kappa shape index (κ2) is 19.1. The van der Waals surface area contributed by atoms with E-state index < -0.39 is 26.2 Å². The summed E-state index contributed by atoms with van der Waals surface area (Å²) in [7, 11) is 1.14. The van der Waals surface area contributed by atoms with Crippen molar-refractivity contribution in [2.24, 2.45) is 0 Å². The Hall–Kier alpha value is -0.242. The molecule has 0 aromatic heterocycles. The quantitative estimate of drug-likeness (QED) is 0.338. The molecule has 152 valence electrons. The number of benzene rings is 2. The molecule has 3 rings (SSSR count). The molecule has 0 atom stereocenters. The minimum absolute atomic E-state index is 0. The molecule has 0 amide bonds. The van der Waals surface area contributed by atoms with Crippen molar-refractivity contribution in [1.82, 2.24) is 0 Å². The molecular weight excluding hydrogens is 451 g/mol. The Bertz CT molecular complexity index is 712. The Morgan fingerprint density at radius 2 is 1.19 bits per heavy atom. The number of fused-ring (bicyclic) bond motifs is 3. The largest absolute Gasteiger partial charge is 0.126 e. The summed E-state index contributed by atoms with van der Waals surface area (Å²) in [6.07, 6.45) is 0. The fourth-order valence-corrected chi connectivity index (χ4v) is 1.90. The molecule has 0 aliphatic carbocycles. The van der Waals surface area contributed by atoms with E-state index in [1.165, 1.54) is 21.5 Å². The van der Waals surface area contributed by atoms with Crippen molar-refractivity contribution in [2.45, 2.75) is 26.6 Å². The summed E-state index contributed by atoms with van der Waals surface area (Å²) < 4.78 is 8.97. The number of hydrogen-bond donors (Lipinski definition) is 2. The first-order valence-corrected chi connectivity index (χ1v) is 14.6. The van der Waals surface area contributed by atoms with Crippen LogP contribution >= 0.6 is 24.8 Å². The fraction of sp³-hybridized carbons (Fsp3) is 0.263. The number of aliphatic hydroxyl groups is 1. The zero-order chi connectivity index (χ0) is 18.6. The Morgan fingerprint density at radius 1 is 0.963 bits per heavy atom. The summed E-state index contributed by atoms with van der Waals surface area (Å²) in [6, 6.07) is 19.3. The predicted molar refractivity (Wildman–Crippen MR) is 123 cm³/mol. The molecule has 2 radical (unpaired) electrons. The van der Waals surface area contributed by atoms with E-state index >= 15 is 0 Å². The second-order valence-electron chi connectivity index (χ2n) is 5.91. The van der Waals surface area contributed by atoms with Gasteiger partial charge in [-0.25, -0.2) is 0 Å². The van der Waals surface area contributed by atoms with Gasteiger partial charge in [-0.1, -0.05) is 36.4 Å². The van der Waals surface area contributed by atoms with Crippen molar-refractivity contribution >= 4 is 62.3 Å². The van der Waals surface area contributed by atoms with Crippen LogP contribution in [0.1, 0.15) is 6.92 Å². The standard InChI is InChI=1S/C13H9.C3H10OSi.C2H6O.CH3.2ClH.O.Si.Ti/c1-3-7-12-10(5-1)9-11-6-2-4-8-13(11)12;1-5(2,3)4;1-2-3;;;;;;/h1-9H;4H,1-3H3;3H,2H2,1H3;1H3;2*1H;;;/q-1;;;-1;;;;;. The van der Waals surface area contributed by atoms with Gasteiger partial charge in [0.15, 0.2) is 8.32 Å². The number of rotatable bonds is 0. The van der Waals surface area contributed by atoms with Gasteiger partial charge in [0.2, 0.25) is 0 Å². The van der Waals surface area contributed by atoms with Gasteiger partial charge in [0.05, 0.1) is 0 Å². The van der Waals surface area contributed by atoms with Crippen molar-refractivity contribution in [2.75, 3.05) is 6.61 Å². The molecular formula is C19H30Cl2O3Si2Ti-2. The van der Waals surface area contributed by atoms with Crippen LogP contribution in [0.3, 0.4) is 0 Å². The molecule has 3 aromatic rings. The number of aliphatic hydroxyl groups excluding tert-OH is 1. The Balaban J connectivity index is -0.000000163. The molecule has 0 spiro atoms. The molecule has 27 heavy (non-hydrogen) atoms. The molecule has 3 aromatic carbocycles. The predicted octanol–water partition coefficient (Wildman–Crippen LogP) is 5.32. The Labute approximate surface area is 187 Å². The summed E-state index contributed by atoms with van der Waals surface area (Å²) in [4.78, 5) is 8.66. The van der Waals surface area contributed by atoms with Crippen LogP contribution < -0.4 is 0 Å². The van der Waals surface area contributed by atoms with E-state index in [9.17, 15) is 0 Å². The molecule has 0 unspecified atom stereocenters. The van der Waals surface area contributed by atoms with E-state index in [4.69, 9.17) is 13.2 Å². The van der Waals surface area contributed by atoms with Crippen LogP contribution in [0.2, 0.25) is 19.6 Å². The van der Waals surface area contributed by atoms with Gasteiger partial charge in [0.25, 0.3) is 0 Å². The van der Waals surface area contributed by atoms with Crippen molar-refractivity contribution in [3.63, 3.8) is 0 Å². The summed E-state index contributed by atoms with van der Waals surface area (Å²) in [5, 5.41) is 13.0. The maximum Gasteiger partial charge on any atom is -0.0771 e. The van der Waals surface area contributed by atoms with E-state index in [0.29, 0.717) is 0 Å². The van der Waals surface area contributed by atoms with Crippen molar-refractivity contribution in [3.8, 4) is 0 Å². The molecule has 8 heteroatoms. The minimum atomic E-state index is -1.61. The first-order valence-electron chi connectivity index (χ1n) is 7.68. The van der Waals surface area contributed by atoms with Gasteiger partial charge in [-0.15, -0.1) is 64.6 Å².